The van der Waals surface area contributed by atoms with Crippen molar-refractivity contribution >= 4 is 19.8 Å². The summed E-state index contributed by atoms with van der Waals surface area (Å²) in [5, 5.41) is 0. The maximum absolute atomic E-state index is 12.9. The molecule has 0 saturated carbocycles. The SMILES string of the molecule is CC/C=C\C/C=C\C/C=C\C/C=C\C/C=C\C/C=C\C/C=C\CCCCCCCCCCCC(=O)OC(COC(=O)CCCCCCCCC/C=C\C/C=C\C/C=C\C/C=C\C/C=C\C/C=C\C/C=C\CC)COP(=O)(O)OCC[N+](C)(C)C. The van der Waals surface area contributed by atoms with E-state index in [4.69, 9.17) is 18.5 Å². The maximum Gasteiger partial charge on any atom is 0.472 e. The van der Waals surface area contributed by atoms with Crippen molar-refractivity contribution in [3.63, 3.8) is 0 Å². The molecule has 2 atom stereocenters. The lowest BCUT2D eigenvalue weighted by molar-refractivity contribution is -0.870. The smallest absolute Gasteiger partial charge is 0.462 e. The molecule has 0 aliphatic carbocycles. The van der Waals surface area contributed by atoms with E-state index in [0.29, 0.717) is 23.9 Å². The van der Waals surface area contributed by atoms with Crippen LogP contribution >= 0.6 is 7.82 Å². The summed E-state index contributed by atoms with van der Waals surface area (Å²) in [6.07, 6.45) is 95.7. The van der Waals surface area contributed by atoms with Gasteiger partial charge in [-0.3, -0.25) is 18.6 Å². The van der Waals surface area contributed by atoms with Crippen LogP contribution in [-0.4, -0.2) is 74.9 Å². The fraction of sp³-hybridized carbons (Fsp3) is 0.595. The zero-order chi connectivity index (χ0) is 61.2. The summed E-state index contributed by atoms with van der Waals surface area (Å²) in [7, 11) is 1.44. The maximum atomic E-state index is 12.9. The molecule has 0 fully saturated rings. The predicted molar refractivity (Wildman–Crippen MR) is 362 cm³/mol. The Morgan fingerprint density at radius 2 is 0.643 bits per heavy atom. The zero-order valence-electron chi connectivity index (χ0n) is 53.8. The zero-order valence-corrected chi connectivity index (χ0v) is 54.7. The van der Waals surface area contributed by atoms with E-state index in [1.54, 1.807) is 0 Å². The molecule has 0 amide bonds. The summed E-state index contributed by atoms with van der Waals surface area (Å²) in [6.45, 7) is 4.17. The van der Waals surface area contributed by atoms with Crippen molar-refractivity contribution in [2.45, 2.75) is 238 Å². The summed E-state index contributed by atoms with van der Waals surface area (Å²) >= 11 is 0. The number of allylic oxidation sites excluding steroid dienone is 28. The second kappa shape index (κ2) is 62.9. The number of carbonyl (C=O) groups excluding carboxylic acids is 2. The van der Waals surface area contributed by atoms with E-state index in [9.17, 15) is 19.0 Å². The van der Waals surface area contributed by atoms with Crippen LogP contribution in [0, 0.1) is 0 Å². The number of hydrogen-bond acceptors (Lipinski definition) is 7. The highest BCUT2D eigenvalue weighted by atomic mass is 31.2. The van der Waals surface area contributed by atoms with Gasteiger partial charge in [-0.25, -0.2) is 4.57 Å². The lowest BCUT2D eigenvalue weighted by Crippen LogP contribution is -2.37. The van der Waals surface area contributed by atoms with Crippen molar-refractivity contribution in [1.82, 2.24) is 0 Å². The van der Waals surface area contributed by atoms with Gasteiger partial charge in [0.1, 0.15) is 19.8 Å². The Labute approximate surface area is 515 Å². The first-order chi connectivity index (χ1) is 41.0. The van der Waals surface area contributed by atoms with E-state index in [1.807, 2.05) is 21.1 Å². The van der Waals surface area contributed by atoms with E-state index < -0.39 is 26.5 Å². The van der Waals surface area contributed by atoms with Gasteiger partial charge in [-0.15, -0.1) is 0 Å². The topological polar surface area (TPSA) is 108 Å². The van der Waals surface area contributed by atoms with Crippen molar-refractivity contribution < 1.29 is 42.1 Å². The number of quaternary nitrogens is 1. The first-order valence-corrected chi connectivity index (χ1v) is 34.4. The summed E-state index contributed by atoms with van der Waals surface area (Å²) in [4.78, 5) is 35.8. The van der Waals surface area contributed by atoms with Gasteiger partial charge in [-0.1, -0.05) is 261 Å². The van der Waals surface area contributed by atoms with Gasteiger partial charge in [0.2, 0.25) is 0 Å². The highest BCUT2D eigenvalue weighted by Crippen LogP contribution is 2.43. The molecule has 10 heteroatoms. The Bertz CT molecular complexity index is 2020. The minimum Gasteiger partial charge on any atom is -0.462 e. The number of hydrogen-bond donors (Lipinski definition) is 1. The Hall–Kier alpha value is -4.63. The quantitative estimate of drug-likeness (QED) is 0.0211. The van der Waals surface area contributed by atoms with Gasteiger partial charge in [-0.05, 0) is 128 Å². The van der Waals surface area contributed by atoms with Crippen LogP contribution in [0.5, 0.6) is 0 Å². The molecule has 0 aromatic carbocycles. The molecule has 2 unspecified atom stereocenters. The third-order valence-electron chi connectivity index (χ3n) is 13.2. The average Bonchev–Trinajstić information content (AvgIpc) is 3.61. The molecule has 0 heterocycles. The summed E-state index contributed by atoms with van der Waals surface area (Å²) in [5.74, 6) is -0.829. The van der Waals surface area contributed by atoms with Gasteiger partial charge in [0.05, 0.1) is 27.7 Å². The third-order valence-corrected chi connectivity index (χ3v) is 14.2. The van der Waals surface area contributed by atoms with Gasteiger partial charge in [-0.2, -0.15) is 0 Å². The monoisotopic (exact) mass is 1180 g/mol. The van der Waals surface area contributed by atoms with Crippen LogP contribution in [0.2, 0.25) is 0 Å². The fourth-order valence-corrected chi connectivity index (χ4v) is 9.01. The summed E-state index contributed by atoms with van der Waals surface area (Å²) in [5.41, 5.74) is 0. The molecule has 9 nitrogen and oxygen atoms in total. The molecule has 0 aliphatic heterocycles. The number of ether oxygens (including phenoxy) is 2. The van der Waals surface area contributed by atoms with E-state index in [1.165, 1.54) is 51.4 Å². The van der Waals surface area contributed by atoms with Crippen LogP contribution in [0.1, 0.15) is 232 Å². The second-order valence-corrected chi connectivity index (χ2v) is 23.8. The molecule has 84 heavy (non-hydrogen) atoms. The summed E-state index contributed by atoms with van der Waals surface area (Å²) < 4.78 is 34.7. The predicted octanol–water partition coefficient (Wildman–Crippen LogP) is 21.4. The number of likely N-dealkylation sites (N-methyl/N-ethyl adjacent to an activating group) is 1. The normalized spacial score (nSPS) is 14.3. The van der Waals surface area contributed by atoms with Crippen molar-refractivity contribution in [3.05, 3.63) is 170 Å². The first-order valence-electron chi connectivity index (χ1n) is 32.9. The van der Waals surface area contributed by atoms with Crippen LogP contribution < -0.4 is 0 Å². The summed E-state index contributed by atoms with van der Waals surface area (Å²) in [6, 6.07) is 0. The highest BCUT2D eigenvalue weighted by molar-refractivity contribution is 7.47. The van der Waals surface area contributed by atoms with Crippen molar-refractivity contribution in [3.8, 4) is 0 Å². The fourth-order valence-electron chi connectivity index (χ4n) is 8.27. The standard InChI is InChI=1S/C74H120NO8P/c1-6-8-10-12-14-16-18-20-22-24-26-28-30-32-34-36-37-39-41-43-45-47-49-51-53-55-57-59-61-63-65-67-74(77)83-72(71-82-84(78,79)81-69-68-75(3,4)5)70-80-73(76)66-64-62-60-58-56-54-52-50-48-46-44-42-40-38-35-33-31-29-27-25-23-21-19-17-15-13-11-9-7-2/h8-11,14-17,20-23,26-29,32-35,37,39-40,42-43,45-46,48,72H,6-7,12-13,18-19,24-25,30-31,36,38,41,44,47,49-71H2,1-5H3/p+1/b10-8-,11-9-,16-14-,17-15-,22-20-,23-21-,28-26-,29-27-,34-32-,35-33-,39-37-,42-40-,45-43-,48-46-. The number of unbranched alkanes of at least 4 members (excludes halogenated alkanes) is 16. The minimum atomic E-state index is -4.41. The van der Waals surface area contributed by atoms with Crippen LogP contribution in [0.25, 0.3) is 0 Å². The van der Waals surface area contributed by atoms with Gasteiger partial charge in [0, 0.05) is 12.8 Å². The molecule has 0 bridgehead atoms. The number of carbonyl (C=O) groups is 2. The second-order valence-electron chi connectivity index (χ2n) is 22.4. The third kappa shape index (κ3) is 66.5. The number of rotatable bonds is 58. The largest absolute Gasteiger partial charge is 0.472 e. The molecular formula is C74H121NO8P+. The molecule has 1 N–H and O–H groups in total. The van der Waals surface area contributed by atoms with Crippen molar-refractivity contribution in [2.24, 2.45) is 0 Å². The van der Waals surface area contributed by atoms with E-state index in [0.717, 1.165) is 141 Å². The molecule has 0 aromatic rings. The average molecular weight is 1180 g/mol. The molecular weight excluding hydrogens is 1060 g/mol. The van der Waals surface area contributed by atoms with Gasteiger partial charge in [0.25, 0.3) is 0 Å². The lowest BCUT2D eigenvalue weighted by Gasteiger charge is -2.24. The first kappa shape index (κ1) is 79.4. The Kier molecular flexibility index (Phi) is 59.4. The number of esters is 2. The highest BCUT2D eigenvalue weighted by Gasteiger charge is 2.27. The number of phosphoric ester groups is 1. The number of phosphoric acid groups is 1. The Morgan fingerprint density at radius 1 is 0.369 bits per heavy atom. The number of nitrogens with zero attached hydrogens (tertiary/aromatic N) is 1. The van der Waals surface area contributed by atoms with Crippen molar-refractivity contribution in [1.29, 1.82) is 0 Å². The van der Waals surface area contributed by atoms with E-state index in [-0.39, 0.29) is 32.0 Å². The van der Waals surface area contributed by atoms with E-state index in [2.05, 4.69) is 184 Å². The van der Waals surface area contributed by atoms with Crippen LogP contribution in [0.3, 0.4) is 0 Å². The van der Waals surface area contributed by atoms with Gasteiger partial charge >= 0.3 is 19.8 Å². The molecule has 0 saturated heterocycles. The molecule has 0 aromatic heterocycles. The van der Waals surface area contributed by atoms with Crippen LogP contribution in [-0.2, 0) is 32.7 Å². The van der Waals surface area contributed by atoms with E-state index >= 15 is 0 Å². The molecule has 0 radical (unpaired) electrons. The van der Waals surface area contributed by atoms with Gasteiger partial charge < -0.3 is 18.9 Å². The lowest BCUT2D eigenvalue weighted by atomic mass is 10.1. The Balaban J connectivity index is 4.21. The van der Waals surface area contributed by atoms with Crippen molar-refractivity contribution in [2.75, 3.05) is 47.5 Å². The molecule has 0 spiro atoms. The van der Waals surface area contributed by atoms with Crippen LogP contribution in [0.4, 0.5) is 0 Å². The molecule has 474 valence electrons. The minimum absolute atomic E-state index is 0.0187. The molecule has 0 rings (SSSR count). The Morgan fingerprint density at radius 3 is 0.952 bits per heavy atom. The molecule has 0 aliphatic rings. The van der Waals surface area contributed by atoms with Gasteiger partial charge in [0.15, 0.2) is 6.10 Å². The van der Waals surface area contributed by atoms with Crippen LogP contribution in [0.15, 0.2) is 170 Å².